The van der Waals surface area contributed by atoms with Crippen LogP contribution >= 0.6 is 11.3 Å². The molecule has 0 spiro atoms. The Hall–Kier alpha value is -0.450. The van der Waals surface area contributed by atoms with Gasteiger partial charge in [0.2, 0.25) is 0 Å². The summed E-state index contributed by atoms with van der Waals surface area (Å²) in [4.78, 5) is 4.51. The molecule has 1 aromatic rings. The van der Waals surface area contributed by atoms with Gasteiger partial charge in [0.25, 0.3) is 0 Å². The van der Waals surface area contributed by atoms with E-state index in [1.807, 2.05) is 0 Å². The van der Waals surface area contributed by atoms with E-state index in [2.05, 4.69) is 29.5 Å². The Morgan fingerprint density at radius 3 is 2.94 bits per heavy atom. The van der Waals surface area contributed by atoms with Gasteiger partial charge in [0, 0.05) is 19.0 Å². The van der Waals surface area contributed by atoms with E-state index in [9.17, 15) is 0 Å². The SMILES string of the molecule is CCC(CNCCOC)Cc1csc(C)n1. The molecule has 0 aliphatic carbocycles. The Morgan fingerprint density at radius 1 is 1.56 bits per heavy atom. The molecule has 1 aromatic heterocycles. The largest absolute Gasteiger partial charge is 0.383 e. The lowest BCUT2D eigenvalue weighted by Gasteiger charge is -2.14. The van der Waals surface area contributed by atoms with Gasteiger partial charge in [-0.2, -0.15) is 0 Å². The number of hydrogen-bond acceptors (Lipinski definition) is 4. The van der Waals surface area contributed by atoms with Crippen molar-refractivity contribution in [1.82, 2.24) is 10.3 Å². The van der Waals surface area contributed by atoms with Gasteiger partial charge in [0.15, 0.2) is 0 Å². The molecule has 92 valence electrons. The van der Waals surface area contributed by atoms with Crippen molar-refractivity contribution >= 4 is 11.3 Å². The Kier molecular flexibility index (Phi) is 6.61. The first-order valence-electron chi connectivity index (χ1n) is 5.87. The number of methoxy groups -OCH3 is 1. The van der Waals surface area contributed by atoms with Crippen LogP contribution in [0.25, 0.3) is 0 Å². The lowest BCUT2D eigenvalue weighted by Crippen LogP contribution is -2.27. The average molecular weight is 242 g/mol. The summed E-state index contributed by atoms with van der Waals surface area (Å²) in [6.07, 6.45) is 2.28. The van der Waals surface area contributed by atoms with Gasteiger partial charge in [-0.15, -0.1) is 11.3 Å². The molecule has 1 atom stereocenters. The Balaban J connectivity index is 2.26. The van der Waals surface area contributed by atoms with Gasteiger partial charge in [-0.25, -0.2) is 4.98 Å². The molecular weight excluding hydrogens is 220 g/mol. The number of aryl methyl sites for hydroxylation is 1. The Morgan fingerprint density at radius 2 is 2.38 bits per heavy atom. The third-order valence-corrected chi connectivity index (χ3v) is 3.48. The highest BCUT2D eigenvalue weighted by Crippen LogP contribution is 2.14. The first-order valence-corrected chi connectivity index (χ1v) is 6.74. The van der Waals surface area contributed by atoms with E-state index in [1.165, 1.54) is 12.1 Å². The van der Waals surface area contributed by atoms with Gasteiger partial charge in [0.1, 0.15) is 0 Å². The molecule has 0 aliphatic rings. The van der Waals surface area contributed by atoms with E-state index in [0.717, 1.165) is 31.1 Å². The summed E-state index contributed by atoms with van der Waals surface area (Å²) in [6.45, 7) is 7.07. The van der Waals surface area contributed by atoms with Crippen molar-refractivity contribution in [2.24, 2.45) is 5.92 Å². The van der Waals surface area contributed by atoms with Crippen LogP contribution in [0, 0.1) is 12.8 Å². The molecule has 1 N–H and O–H groups in total. The fraction of sp³-hybridized carbons (Fsp3) is 0.750. The van der Waals surface area contributed by atoms with Crippen molar-refractivity contribution in [2.75, 3.05) is 26.8 Å². The van der Waals surface area contributed by atoms with E-state index in [4.69, 9.17) is 4.74 Å². The van der Waals surface area contributed by atoms with Crippen LogP contribution in [0.15, 0.2) is 5.38 Å². The van der Waals surface area contributed by atoms with Gasteiger partial charge in [-0.05, 0) is 25.8 Å². The van der Waals surface area contributed by atoms with Gasteiger partial charge in [-0.1, -0.05) is 13.3 Å². The maximum absolute atomic E-state index is 5.01. The molecule has 0 fully saturated rings. The van der Waals surface area contributed by atoms with Crippen LogP contribution in [0.5, 0.6) is 0 Å². The maximum atomic E-state index is 5.01. The Bertz CT molecular complexity index is 288. The first-order chi connectivity index (χ1) is 7.76. The van der Waals surface area contributed by atoms with E-state index in [1.54, 1.807) is 18.4 Å². The predicted molar refractivity (Wildman–Crippen MR) is 69.1 cm³/mol. The smallest absolute Gasteiger partial charge is 0.0897 e. The second kappa shape index (κ2) is 7.76. The molecule has 1 rings (SSSR count). The lowest BCUT2D eigenvalue weighted by molar-refractivity contribution is 0.197. The van der Waals surface area contributed by atoms with Crippen LogP contribution in [-0.4, -0.2) is 31.8 Å². The zero-order chi connectivity index (χ0) is 11.8. The molecule has 3 nitrogen and oxygen atoms in total. The maximum Gasteiger partial charge on any atom is 0.0897 e. The third kappa shape index (κ3) is 5.05. The van der Waals surface area contributed by atoms with Crippen molar-refractivity contribution in [3.63, 3.8) is 0 Å². The minimum Gasteiger partial charge on any atom is -0.383 e. The number of nitrogens with zero attached hydrogens (tertiary/aromatic N) is 1. The molecule has 0 radical (unpaired) electrons. The van der Waals surface area contributed by atoms with Crippen molar-refractivity contribution in [3.8, 4) is 0 Å². The lowest BCUT2D eigenvalue weighted by atomic mass is 10.0. The van der Waals surface area contributed by atoms with E-state index in [0.29, 0.717) is 5.92 Å². The number of hydrogen-bond donors (Lipinski definition) is 1. The van der Waals surface area contributed by atoms with Gasteiger partial charge in [-0.3, -0.25) is 0 Å². The van der Waals surface area contributed by atoms with E-state index in [-0.39, 0.29) is 0 Å². The summed E-state index contributed by atoms with van der Waals surface area (Å²) in [7, 11) is 1.73. The van der Waals surface area contributed by atoms with Crippen LogP contribution < -0.4 is 5.32 Å². The van der Waals surface area contributed by atoms with E-state index >= 15 is 0 Å². The Labute approximate surface area is 102 Å². The minimum atomic E-state index is 0.679. The highest BCUT2D eigenvalue weighted by molar-refractivity contribution is 7.09. The average Bonchev–Trinajstić information content (AvgIpc) is 2.68. The van der Waals surface area contributed by atoms with Gasteiger partial charge >= 0.3 is 0 Å². The summed E-state index contributed by atoms with van der Waals surface area (Å²) < 4.78 is 5.01. The molecule has 0 amide bonds. The number of ether oxygens (including phenoxy) is 1. The normalized spacial score (nSPS) is 12.9. The number of aromatic nitrogens is 1. The minimum absolute atomic E-state index is 0.679. The van der Waals surface area contributed by atoms with Crippen molar-refractivity contribution in [2.45, 2.75) is 26.7 Å². The van der Waals surface area contributed by atoms with Gasteiger partial charge < -0.3 is 10.1 Å². The van der Waals surface area contributed by atoms with Crippen LogP contribution in [0.3, 0.4) is 0 Å². The highest BCUT2D eigenvalue weighted by Gasteiger charge is 2.09. The van der Waals surface area contributed by atoms with Crippen molar-refractivity contribution < 1.29 is 4.74 Å². The molecule has 4 heteroatoms. The fourth-order valence-electron chi connectivity index (χ4n) is 1.64. The van der Waals surface area contributed by atoms with E-state index < -0.39 is 0 Å². The van der Waals surface area contributed by atoms with Crippen LogP contribution in [0.2, 0.25) is 0 Å². The molecule has 1 heterocycles. The zero-order valence-corrected chi connectivity index (χ0v) is 11.3. The van der Waals surface area contributed by atoms with Crippen LogP contribution in [0.4, 0.5) is 0 Å². The van der Waals surface area contributed by atoms with Crippen LogP contribution in [-0.2, 0) is 11.2 Å². The first kappa shape index (κ1) is 13.6. The van der Waals surface area contributed by atoms with Crippen molar-refractivity contribution in [3.05, 3.63) is 16.1 Å². The topological polar surface area (TPSA) is 34.1 Å². The molecule has 0 aliphatic heterocycles. The molecule has 0 saturated heterocycles. The summed E-state index contributed by atoms with van der Waals surface area (Å²) in [6, 6.07) is 0. The standard InChI is InChI=1S/C12H22N2OS/c1-4-11(8-13-5-6-15-3)7-12-9-16-10(2)14-12/h9,11,13H,4-8H2,1-3H3. The second-order valence-electron chi connectivity index (χ2n) is 4.03. The second-order valence-corrected chi connectivity index (χ2v) is 5.10. The summed E-state index contributed by atoms with van der Waals surface area (Å²) in [5.74, 6) is 0.679. The quantitative estimate of drug-likeness (QED) is 0.710. The number of nitrogens with one attached hydrogen (secondary N) is 1. The molecule has 0 aromatic carbocycles. The van der Waals surface area contributed by atoms with Gasteiger partial charge in [0.05, 0.1) is 17.3 Å². The monoisotopic (exact) mass is 242 g/mol. The fourth-order valence-corrected chi connectivity index (χ4v) is 2.26. The summed E-state index contributed by atoms with van der Waals surface area (Å²) in [5, 5.41) is 6.75. The number of rotatable bonds is 8. The summed E-state index contributed by atoms with van der Waals surface area (Å²) >= 11 is 1.74. The molecule has 1 unspecified atom stereocenters. The molecule has 16 heavy (non-hydrogen) atoms. The zero-order valence-electron chi connectivity index (χ0n) is 10.5. The predicted octanol–water partition coefficient (Wildman–Crippen LogP) is 2.26. The molecule has 0 saturated carbocycles. The third-order valence-electron chi connectivity index (χ3n) is 2.66. The molecule has 0 bridgehead atoms. The number of thiazole rings is 1. The summed E-state index contributed by atoms with van der Waals surface area (Å²) in [5.41, 5.74) is 1.24. The van der Waals surface area contributed by atoms with Crippen molar-refractivity contribution in [1.29, 1.82) is 0 Å². The highest BCUT2D eigenvalue weighted by atomic mass is 32.1. The van der Waals surface area contributed by atoms with Crippen LogP contribution in [0.1, 0.15) is 24.0 Å². The molecular formula is C12H22N2OS.